The summed E-state index contributed by atoms with van der Waals surface area (Å²) in [4.78, 5) is 4.53. The molecule has 1 aromatic rings. The Hall–Kier alpha value is -2.64. The van der Waals surface area contributed by atoms with E-state index in [2.05, 4.69) is 50.5 Å². The van der Waals surface area contributed by atoms with Gasteiger partial charge in [-0.1, -0.05) is 66.0 Å². The van der Waals surface area contributed by atoms with Gasteiger partial charge >= 0.3 is 6.18 Å². The zero-order chi connectivity index (χ0) is 31.9. The predicted molar refractivity (Wildman–Crippen MR) is 172 cm³/mol. The van der Waals surface area contributed by atoms with Gasteiger partial charge < -0.3 is 15.8 Å². The van der Waals surface area contributed by atoms with E-state index in [0.29, 0.717) is 11.7 Å². The standard InChI is InChI=1S/C17H21NO.C12H25F3N2.C2H6.C2H4/c1-7-14-9-10-15(11-16(14)18-12(3)4)17(8-2)19-13(5)6;1-4-10(16)8-11(7-9(2)3)17-6-5-12(13,14)15;2*1-2/h7-11H,1,5H2,2-4,6H3;9-11,17H,4-8,16H2,1-3H3;1-2H3;1-2H2/b17-8-;;;/t;10-,11?;;/m.1../s1. The largest absolute Gasteiger partial charge is 0.462 e. The molecule has 7 heteroatoms. The molecule has 4 nitrogen and oxygen atoms in total. The van der Waals surface area contributed by atoms with Gasteiger partial charge in [0.2, 0.25) is 0 Å². The number of benzene rings is 1. The number of halogens is 3. The second-order valence-corrected chi connectivity index (χ2v) is 9.54. The fourth-order valence-electron chi connectivity index (χ4n) is 3.46. The summed E-state index contributed by atoms with van der Waals surface area (Å²) in [7, 11) is 0. The lowest BCUT2D eigenvalue weighted by Gasteiger charge is -2.23. The zero-order valence-electron chi connectivity index (χ0n) is 26.5. The molecule has 0 aliphatic carbocycles. The summed E-state index contributed by atoms with van der Waals surface area (Å²) >= 11 is 0. The Balaban J connectivity index is -0.000000612. The Morgan fingerprint density at radius 2 is 1.70 bits per heavy atom. The van der Waals surface area contributed by atoms with Crippen molar-refractivity contribution < 1.29 is 17.9 Å². The molecule has 2 atom stereocenters. The summed E-state index contributed by atoms with van der Waals surface area (Å²) in [6.45, 7) is 31.4. The molecule has 0 heterocycles. The van der Waals surface area contributed by atoms with Gasteiger partial charge in [-0.15, -0.1) is 13.2 Å². The molecule has 0 saturated heterocycles. The normalized spacial score (nSPS) is 12.3. The van der Waals surface area contributed by atoms with Crippen LogP contribution >= 0.6 is 0 Å². The van der Waals surface area contributed by atoms with Crippen LogP contribution in [-0.4, -0.2) is 30.5 Å². The minimum atomic E-state index is -4.08. The summed E-state index contributed by atoms with van der Waals surface area (Å²) in [5, 5.41) is 2.97. The molecule has 0 amide bonds. The molecule has 0 radical (unpaired) electrons. The van der Waals surface area contributed by atoms with Crippen LogP contribution < -0.4 is 11.1 Å². The molecular weight excluding hydrogens is 511 g/mol. The fraction of sp³-hybridized carbons (Fsp3) is 0.545. The highest BCUT2D eigenvalue weighted by atomic mass is 19.4. The number of hydrogen-bond donors (Lipinski definition) is 2. The summed E-state index contributed by atoms with van der Waals surface area (Å²) in [6.07, 6.45) is 1.34. The molecule has 0 fully saturated rings. The van der Waals surface area contributed by atoms with Crippen molar-refractivity contribution in [3.8, 4) is 0 Å². The average Bonchev–Trinajstić information content (AvgIpc) is 2.88. The van der Waals surface area contributed by atoms with E-state index in [9.17, 15) is 13.2 Å². The highest BCUT2D eigenvalue weighted by Gasteiger charge is 2.27. The van der Waals surface area contributed by atoms with Crippen molar-refractivity contribution >= 4 is 23.2 Å². The van der Waals surface area contributed by atoms with Crippen LogP contribution in [-0.2, 0) is 4.74 Å². The van der Waals surface area contributed by atoms with Gasteiger partial charge in [-0.05, 0) is 70.6 Å². The first-order valence-electron chi connectivity index (χ1n) is 14.1. The Morgan fingerprint density at radius 1 is 1.12 bits per heavy atom. The van der Waals surface area contributed by atoms with Crippen molar-refractivity contribution in [3.05, 3.63) is 67.5 Å². The molecule has 0 aromatic heterocycles. The van der Waals surface area contributed by atoms with Gasteiger partial charge in [0.25, 0.3) is 0 Å². The van der Waals surface area contributed by atoms with Crippen LogP contribution in [0.25, 0.3) is 11.8 Å². The topological polar surface area (TPSA) is 59.6 Å². The van der Waals surface area contributed by atoms with Crippen LogP contribution in [0.3, 0.4) is 0 Å². The Kier molecular flexibility index (Phi) is 25.3. The zero-order valence-corrected chi connectivity index (χ0v) is 26.5. The maximum absolute atomic E-state index is 12.0. The lowest BCUT2D eigenvalue weighted by atomic mass is 9.97. The first kappa shape index (κ1) is 41.8. The van der Waals surface area contributed by atoms with Crippen molar-refractivity contribution in [3.63, 3.8) is 0 Å². The SMILES string of the molecule is C=C.C=Cc1ccc(/C(=C/C)OC(=C)C)cc1N=C(C)C.CC.CC[C@@H](N)CC(CC(C)C)NCCC(F)(F)F. The number of nitrogens with two attached hydrogens (primary N) is 1. The van der Waals surface area contributed by atoms with Crippen LogP contribution in [0.15, 0.2) is 61.3 Å². The quantitative estimate of drug-likeness (QED) is 0.142. The molecule has 40 heavy (non-hydrogen) atoms. The first-order chi connectivity index (χ1) is 18.7. The molecule has 0 aliphatic rings. The highest BCUT2D eigenvalue weighted by molar-refractivity contribution is 5.84. The average molecular weight is 568 g/mol. The number of hydrogen-bond acceptors (Lipinski definition) is 4. The van der Waals surface area contributed by atoms with Crippen molar-refractivity contribution in [2.45, 2.75) is 106 Å². The number of allylic oxidation sites excluding steroid dienone is 2. The molecule has 0 saturated carbocycles. The molecule has 0 bridgehead atoms. The molecule has 3 N–H and O–H groups in total. The summed E-state index contributed by atoms with van der Waals surface area (Å²) < 4.78 is 41.7. The van der Waals surface area contributed by atoms with Gasteiger partial charge in [0, 0.05) is 29.9 Å². The van der Waals surface area contributed by atoms with Crippen LogP contribution in [0.5, 0.6) is 0 Å². The molecule has 0 aliphatic heterocycles. The number of nitrogens with one attached hydrogen (secondary N) is 1. The lowest BCUT2D eigenvalue weighted by molar-refractivity contribution is -0.133. The third-order valence-corrected chi connectivity index (χ3v) is 5.13. The fourth-order valence-corrected chi connectivity index (χ4v) is 3.46. The minimum absolute atomic E-state index is 0.0165. The number of ether oxygens (including phenoxy) is 1. The van der Waals surface area contributed by atoms with Crippen LogP contribution in [0.4, 0.5) is 18.9 Å². The Morgan fingerprint density at radius 3 is 2.10 bits per heavy atom. The van der Waals surface area contributed by atoms with Gasteiger partial charge in [0.05, 0.1) is 17.9 Å². The summed E-state index contributed by atoms with van der Waals surface area (Å²) in [5.74, 6) is 1.91. The monoisotopic (exact) mass is 567 g/mol. The Bertz CT molecular complexity index is 885. The van der Waals surface area contributed by atoms with Crippen molar-refractivity contribution in [2.24, 2.45) is 16.6 Å². The van der Waals surface area contributed by atoms with Crippen molar-refractivity contribution in [1.29, 1.82) is 0 Å². The second kappa shape index (κ2) is 24.2. The maximum Gasteiger partial charge on any atom is 0.390 e. The van der Waals surface area contributed by atoms with Gasteiger partial charge in [0.15, 0.2) is 0 Å². The van der Waals surface area contributed by atoms with E-state index < -0.39 is 12.6 Å². The van der Waals surface area contributed by atoms with E-state index in [1.165, 1.54) is 0 Å². The van der Waals surface area contributed by atoms with Crippen molar-refractivity contribution in [2.75, 3.05) is 6.54 Å². The highest BCUT2D eigenvalue weighted by Crippen LogP contribution is 2.28. The van der Waals surface area contributed by atoms with E-state index >= 15 is 0 Å². The number of aliphatic imine (C=N–C) groups is 1. The molecule has 1 aromatic carbocycles. The number of alkyl halides is 3. The number of rotatable bonds is 13. The molecule has 230 valence electrons. The van der Waals surface area contributed by atoms with E-state index in [4.69, 9.17) is 10.5 Å². The van der Waals surface area contributed by atoms with Crippen molar-refractivity contribution in [1.82, 2.24) is 5.32 Å². The smallest absolute Gasteiger partial charge is 0.390 e. The first-order valence-corrected chi connectivity index (χ1v) is 14.1. The molecule has 1 unspecified atom stereocenters. The lowest BCUT2D eigenvalue weighted by Crippen LogP contribution is -2.38. The molecule has 1 rings (SSSR count). The maximum atomic E-state index is 12.0. The summed E-state index contributed by atoms with van der Waals surface area (Å²) in [6, 6.07) is 6.15. The van der Waals surface area contributed by atoms with Crippen LogP contribution in [0, 0.1) is 5.92 Å². The predicted octanol–water partition coefficient (Wildman–Crippen LogP) is 10.3. The summed E-state index contributed by atoms with van der Waals surface area (Å²) in [5.41, 5.74) is 9.74. The van der Waals surface area contributed by atoms with Gasteiger partial charge in [-0.3, -0.25) is 4.99 Å². The van der Waals surface area contributed by atoms with Crippen LogP contribution in [0.1, 0.15) is 99.1 Å². The molecular formula is C33H56F3N3O. The van der Waals surface area contributed by atoms with Gasteiger partial charge in [-0.2, -0.15) is 13.2 Å². The van der Waals surface area contributed by atoms with Gasteiger partial charge in [0.1, 0.15) is 5.76 Å². The Labute approximate surface area is 243 Å². The van der Waals surface area contributed by atoms with E-state index in [1.54, 1.807) is 6.08 Å². The van der Waals surface area contributed by atoms with E-state index in [-0.39, 0.29) is 18.6 Å². The third-order valence-electron chi connectivity index (χ3n) is 5.13. The minimum Gasteiger partial charge on any atom is -0.462 e. The second-order valence-electron chi connectivity index (χ2n) is 9.54. The third kappa shape index (κ3) is 22.2. The van der Waals surface area contributed by atoms with E-state index in [0.717, 1.165) is 47.5 Å². The molecule has 0 spiro atoms. The van der Waals surface area contributed by atoms with Crippen LogP contribution in [0.2, 0.25) is 0 Å². The van der Waals surface area contributed by atoms with E-state index in [1.807, 2.05) is 72.7 Å². The number of nitrogens with zero attached hydrogens (tertiary/aromatic N) is 1. The van der Waals surface area contributed by atoms with Gasteiger partial charge in [-0.25, -0.2) is 0 Å².